The molecule has 0 unspecified atom stereocenters. The Hall–Kier alpha value is -1.63. The number of carbonyl (C=O) groups excluding carboxylic acids is 1. The number of nitrogens with zero attached hydrogens (tertiary/aromatic N) is 1. The second kappa shape index (κ2) is 7.97. The highest BCUT2D eigenvalue weighted by Gasteiger charge is 2.19. The van der Waals surface area contributed by atoms with Gasteiger partial charge in [0.1, 0.15) is 5.82 Å². The maximum Gasteiger partial charge on any atom is 0.317 e. The van der Waals surface area contributed by atoms with E-state index in [1.165, 1.54) is 11.0 Å². The lowest BCUT2D eigenvalue weighted by molar-refractivity contribution is -0.136. The van der Waals surface area contributed by atoms with Gasteiger partial charge in [-0.1, -0.05) is 15.9 Å². The van der Waals surface area contributed by atoms with Gasteiger partial charge in [-0.15, -0.1) is 0 Å². The first-order valence-electron chi connectivity index (χ1n) is 6.51. The molecule has 0 aromatic heterocycles. The summed E-state index contributed by atoms with van der Waals surface area (Å²) in [5, 5.41) is 11.1. The number of carboxylic acid groups (broad SMARTS) is 1. The van der Waals surface area contributed by atoms with Crippen molar-refractivity contribution < 1.29 is 19.1 Å². The van der Waals surface area contributed by atoms with Crippen LogP contribution in [0.1, 0.15) is 25.8 Å². The Morgan fingerprint density at radius 2 is 2.10 bits per heavy atom. The predicted molar refractivity (Wildman–Crippen MR) is 80.4 cm³/mol. The second-order valence-corrected chi connectivity index (χ2v) is 5.75. The minimum absolute atomic E-state index is 0.0400. The van der Waals surface area contributed by atoms with Gasteiger partial charge in [0.15, 0.2) is 0 Å². The number of amides is 2. The van der Waals surface area contributed by atoms with Gasteiger partial charge in [-0.3, -0.25) is 4.79 Å². The van der Waals surface area contributed by atoms with Gasteiger partial charge < -0.3 is 15.3 Å². The molecule has 1 aromatic rings. The summed E-state index contributed by atoms with van der Waals surface area (Å²) in [7, 11) is 0. The largest absolute Gasteiger partial charge is 0.481 e. The van der Waals surface area contributed by atoms with Crippen LogP contribution in [-0.4, -0.2) is 34.6 Å². The van der Waals surface area contributed by atoms with Crippen LogP contribution in [0.4, 0.5) is 9.18 Å². The third-order valence-corrected chi connectivity index (χ3v) is 3.34. The number of carboxylic acids is 1. The van der Waals surface area contributed by atoms with Crippen molar-refractivity contribution >= 4 is 27.9 Å². The van der Waals surface area contributed by atoms with E-state index in [1.807, 2.05) is 13.8 Å². The third-order valence-electron chi connectivity index (χ3n) is 2.85. The fourth-order valence-corrected chi connectivity index (χ4v) is 2.12. The van der Waals surface area contributed by atoms with Gasteiger partial charge in [0.05, 0.1) is 13.0 Å². The number of aliphatic carboxylic acids is 1. The van der Waals surface area contributed by atoms with E-state index in [-0.39, 0.29) is 31.4 Å². The lowest BCUT2D eigenvalue weighted by Crippen LogP contribution is -2.44. The number of benzene rings is 1. The normalized spacial score (nSPS) is 10.5. The Bertz CT molecular complexity index is 523. The van der Waals surface area contributed by atoms with Crippen molar-refractivity contribution in [2.75, 3.05) is 6.54 Å². The summed E-state index contributed by atoms with van der Waals surface area (Å²) in [5.41, 5.74) is 0.395. The Balaban J connectivity index is 2.75. The first kappa shape index (κ1) is 17.4. The van der Waals surface area contributed by atoms with E-state index in [1.54, 1.807) is 12.1 Å². The molecule has 5 nitrogen and oxygen atoms in total. The molecule has 0 aliphatic rings. The quantitative estimate of drug-likeness (QED) is 0.819. The van der Waals surface area contributed by atoms with E-state index >= 15 is 0 Å². The van der Waals surface area contributed by atoms with Crippen molar-refractivity contribution in [3.63, 3.8) is 0 Å². The van der Waals surface area contributed by atoms with Crippen molar-refractivity contribution in [2.24, 2.45) is 0 Å². The van der Waals surface area contributed by atoms with E-state index in [2.05, 4.69) is 21.2 Å². The molecule has 2 amide bonds. The van der Waals surface area contributed by atoms with Gasteiger partial charge in [-0.25, -0.2) is 9.18 Å². The Morgan fingerprint density at radius 1 is 1.43 bits per heavy atom. The first-order chi connectivity index (χ1) is 9.81. The monoisotopic (exact) mass is 360 g/mol. The molecule has 0 aliphatic heterocycles. The van der Waals surface area contributed by atoms with Crippen molar-refractivity contribution in [1.29, 1.82) is 0 Å². The van der Waals surface area contributed by atoms with Crippen LogP contribution in [0.3, 0.4) is 0 Å². The molecule has 1 rings (SSSR count). The molecule has 0 saturated carbocycles. The molecule has 116 valence electrons. The highest BCUT2D eigenvalue weighted by atomic mass is 79.9. The fraction of sp³-hybridized carbons (Fsp3) is 0.429. The van der Waals surface area contributed by atoms with Crippen LogP contribution in [0.2, 0.25) is 0 Å². The van der Waals surface area contributed by atoms with Crippen LogP contribution in [0.5, 0.6) is 0 Å². The van der Waals surface area contributed by atoms with E-state index < -0.39 is 12.0 Å². The zero-order chi connectivity index (χ0) is 16.0. The summed E-state index contributed by atoms with van der Waals surface area (Å²) in [6.07, 6.45) is -0.150. The Morgan fingerprint density at radius 3 is 2.67 bits per heavy atom. The predicted octanol–water partition coefficient (Wildman–Crippen LogP) is 2.98. The topological polar surface area (TPSA) is 69.6 Å². The molecule has 2 N–H and O–H groups in total. The molecular formula is C14H18BrFN2O3. The van der Waals surface area contributed by atoms with E-state index in [0.29, 0.717) is 5.56 Å². The standard InChI is InChI=1S/C14H18BrFN2O3/c1-9(2)18(14(21)17-6-5-13(19)20)8-10-7-11(15)3-4-12(10)16/h3-4,7,9H,5-6,8H2,1-2H3,(H,17,21)(H,19,20). The summed E-state index contributed by atoms with van der Waals surface area (Å²) in [6.45, 7) is 3.78. The van der Waals surface area contributed by atoms with Crippen LogP contribution in [0.15, 0.2) is 22.7 Å². The summed E-state index contributed by atoms with van der Waals surface area (Å²) >= 11 is 3.27. The van der Waals surface area contributed by atoms with Gasteiger partial charge in [0.2, 0.25) is 0 Å². The summed E-state index contributed by atoms with van der Waals surface area (Å²) < 4.78 is 14.5. The number of hydrogen-bond donors (Lipinski definition) is 2. The van der Waals surface area contributed by atoms with E-state index in [4.69, 9.17) is 5.11 Å². The molecule has 0 heterocycles. The molecule has 0 radical (unpaired) electrons. The van der Waals surface area contributed by atoms with Gasteiger partial charge >= 0.3 is 12.0 Å². The van der Waals surface area contributed by atoms with Gasteiger partial charge in [0.25, 0.3) is 0 Å². The Labute approximate surface area is 131 Å². The minimum atomic E-state index is -0.982. The van der Waals surface area contributed by atoms with Crippen molar-refractivity contribution in [3.05, 3.63) is 34.1 Å². The van der Waals surface area contributed by atoms with Crippen molar-refractivity contribution in [1.82, 2.24) is 10.2 Å². The van der Waals surface area contributed by atoms with Crippen LogP contribution < -0.4 is 5.32 Å². The second-order valence-electron chi connectivity index (χ2n) is 4.83. The summed E-state index contributed by atoms with van der Waals surface area (Å²) in [5.74, 6) is -1.37. The van der Waals surface area contributed by atoms with Gasteiger partial charge in [-0.05, 0) is 32.0 Å². The van der Waals surface area contributed by atoms with Crippen LogP contribution >= 0.6 is 15.9 Å². The van der Waals surface area contributed by atoms with Crippen LogP contribution in [-0.2, 0) is 11.3 Å². The lowest BCUT2D eigenvalue weighted by Gasteiger charge is -2.27. The third kappa shape index (κ3) is 5.71. The van der Waals surface area contributed by atoms with E-state index in [9.17, 15) is 14.0 Å². The molecule has 0 saturated heterocycles. The van der Waals surface area contributed by atoms with Gasteiger partial charge in [-0.2, -0.15) is 0 Å². The highest BCUT2D eigenvalue weighted by molar-refractivity contribution is 9.10. The number of rotatable bonds is 6. The summed E-state index contributed by atoms with van der Waals surface area (Å²) in [4.78, 5) is 23.9. The molecule has 0 fully saturated rings. The average molecular weight is 361 g/mol. The molecular weight excluding hydrogens is 343 g/mol. The number of carbonyl (C=O) groups is 2. The molecule has 0 aliphatic carbocycles. The molecule has 1 aromatic carbocycles. The molecule has 21 heavy (non-hydrogen) atoms. The first-order valence-corrected chi connectivity index (χ1v) is 7.30. The number of nitrogens with one attached hydrogen (secondary N) is 1. The zero-order valence-corrected chi connectivity index (χ0v) is 13.5. The average Bonchev–Trinajstić information content (AvgIpc) is 2.38. The molecule has 7 heteroatoms. The smallest absolute Gasteiger partial charge is 0.317 e. The lowest BCUT2D eigenvalue weighted by atomic mass is 10.2. The molecule has 0 spiro atoms. The SMILES string of the molecule is CC(C)N(Cc1cc(Br)ccc1F)C(=O)NCCC(=O)O. The van der Waals surface area contributed by atoms with Crippen LogP contribution in [0.25, 0.3) is 0 Å². The zero-order valence-electron chi connectivity index (χ0n) is 11.9. The summed E-state index contributed by atoms with van der Waals surface area (Å²) in [6, 6.07) is 3.99. The number of urea groups is 1. The van der Waals surface area contributed by atoms with Crippen LogP contribution in [0, 0.1) is 5.82 Å². The van der Waals surface area contributed by atoms with Gasteiger partial charge in [0, 0.05) is 22.6 Å². The highest BCUT2D eigenvalue weighted by Crippen LogP contribution is 2.18. The maximum absolute atomic E-state index is 13.8. The number of hydrogen-bond acceptors (Lipinski definition) is 2. The number of halogens is 2. The van der Waals surface area contributed by atoms with Crippen molar-refractivity contribution in [3.8, 4) is 0 Å². The minimum Gasteiger partial charge on any atom is -0.481 e. The Kier molecular flexibility index (Phi) is 6.61. The molecule has 0 bridgehead atoms. The van der Waals surface area contributed by atoms with E-state index in [0.717, 1.165) is 4.47 Å². The maximum atomic E-state index is 13.8. The fourth-order valence-electron chi connectivity index (χ4n) is 1.71. The molecule has 0 atom stereocenters. The van der Waals surface area contributed by atoms with Crippen molar-refractivity contribution in [2.45, 2.75) is 32.9 Å².